The third-order valence-corrected chi connectivity index (χ3v) is 12.4. The Balaban J connectivity index is 1.29. The van der Waals surface area contributed by atoms with Gasteiger partial charge in [-0.25, -0.2) is 0 Å². The Labute approximate surface area is 308 Å². The lowest BCUT2D eigenvalue weighted by atomic mass is 9.67. The minimum atomic E-state index is -0.556. The van der Waals surface area contributed by atoms with Crippen LogP contribution in [0, 0.1) is 0 Å². The molecule has 0 fully saturated rings. The number of rotatable bonds is 5. The average molecular weight is 685 g/mol. The van der Waals surface area contributed by atoms with Crippen molar-refractivity contribution in [1.29, 1.82) is 0 Å². The second-order valence-corrected chi connectivity index (χ2v) is 15.6. The van der Waals surface area contributed by atoms with E-state index in [0.717, 1.165) is 21.9 Å². The molecule has 0 bridgehead atoms. The number of nitrogens with zero attached hydrogens (tertiary/aromatic N) is 2. The number of thioether (sulfide) groups is 1. The molecule has 0 saturated carbocycles. The first-order chi connectivity index (χ1) is 25.5. The van der Waals surface area contributed by atoms with Gasteiger partial charge in [0.25, 0.3) is 0 Å². The van der Waals surface area contributed by atoms with E-state index in [4.69, 9.17) is 9.98 Å². The van der Waals surface area contributed by atoms with Crippen molar-refractivity contribution in [3.63, 3.8) is 0 Å². The number of hydrogen-bond donors (Lipinski definition) is 0. The molecule has 7 aromatic carbocycles. The quantitative estimate of drug-likeness (QED) is 0.180. The van der Waals surface area contributed by atoms with Crippen molar-refractivity contribution in [2.24, 2.45) is 4.99 Å². The molecule has 10 rings (SSSR count). The highest BCUT2D eigenvalue weighted by Gasteiger charge is 2.47. The van der Waals surface area contributed by atoms with Crippen LogP contribution in [0.5, 0.6) is 0 Å². The van der Waals surface area contributed by atoms with E-state index < -0.39 is 5.41 Å². The molecule has 2 nitrogen and oxygen atoms in total. The van der Waals surface area contributed by atoms with Gasteiger partial charge in [0.15, 0.2) is 0 Å². The summed E-state index contributed by atoms with van der Waals surface area (Å²) in [5, 5.41) is 6.05. The zero-order chi connectivity index (χ0) is 34.9. The second-order valence-electron chi connectivity index (χ2n) is 14.7. The Morgan fingerprint density at radius 2 is 1.13 bits per heavy atom. The molecule has 0 radical (unpaired) electrons. The van der Waals surface area contributed by atoms with Crippen LogP contribution in [-0.4, -0.2) is 21.3 Å². The van der Waals surface area contributed by atoms with Crippen LogP contribution in [0.25, 0.3) is 54.9 Å². The molecule has 2 heterocycles. The summed E-state index contributed by atoms with van der Waals surface area (Å²) in [6.45, 7) is 4.40. The minimum absolute atomic E-state index is 0.0707. The van der Waals surface area contributed by atoms with Gasteiger partial charge in [-0.05, 0) is 110 Å². The monoisotopic (exact) mass is 684 g/mol. The van der Waals surface area contributed by atoms with E-state index >= 15 is 0 Å². The van der Waals surface area contributed by atoms with Crippen molar-refractivity contribution in [1.82, 2.24) is 4.98 Å². The lowest BCUT2D eigenvalue weighted by Crippen LogP contribution is -2.28. The molecule has 1 aromatic heterocycles. The number of aromatic nitrogens is 1. The highest BCUT2D eigenvalue weighted by Crippen LogP contribution is 2.59. The van der Waals surface area contributed by atoms with Gasteiger partial charge in [-0.2, -0.15) is 0 Å². The predicted octanol–water partition coefficient (Wildman–Crippen LogP) is 12.4. The average Bonchev–Trinajstić information content (AvgIpc) is 3.72. The Morgan fingerprint density at radius 1 is 0.500 bits per heavy atom. The first-order valence-corrected chi connectivity index (χ1v) is 19.0. The molecule has 0 N–H and O–H groups in total. The first kappa shape index (κ1) is 31.0. The van der Waals surface area contributed by atoms with Crippen molar-refractivity contribution >= 4 is 38.4 Å². The van der Waals surface area contributed by atoms with E-state index in [1.54, 1.807) is 0 Å². The van der Waals surface area contributed by atoms with Crippen molar-refractivity contribution in [3.05, 3.63) is 198 Å². The fourth-order valence-electron chi connectivity index (χ4n) is 8.57. The van der Waals surface area contributed by atoms with Crippen LogP contribution in [0.3, 0.4) is 0 Å². The fraction of sp³-hybridized carbons (Fsp3) is 0.102. The summed E-state index contributed by atoms with van der Waals surface area (Å²) in [6, 6.07) is 58.5. The molecular weight excluding hydrogens is 649 g/mol. The summed E-state index contributed by atoms with van der Waals surface area (Å²) >= 11 is 1.83. The summed E-state index contributed by atoms with van der Waals surface area (Å²) in [7, 11) is 0. The molecule has 8 aromatic rings. The van der Waals surface area contributed by atoms with Gasteiger partial charge in [0.2, 0.25) is 0 Å². The smallest absolute Gasteiger partial charge is 0.1000 e. The summed E-state index contributed by atoms with van der Waals surface area (Å²) in [6.07, 6.45) is 3.99. The van der Waals surface area contributed by atoms with Crippen LogP contribution in [0.1, 0.15) is 41.7 Å². The van der Waals surface area contributed by atoms with Crippen LogP contribution in [0.2, 0.25) is 0 Å². The number of aliphatic imine (C=N–C) groups is 1. The molecule has 0 saturated heterocycles. The third kappa shape index (κ3) is 4.80. The van der Waals surface area contributed by atoms with Crippen LogP contribution < -0.4 is 0 Å². The zero-order valence-corrected chi connectivity index (χ0v) is 30.0. The highest BCUT2D eigenvalue weighted by molar-refractivity contribution is 8.14. The largest absolute Gasteiger partial charge is 0.271 e. The molecule has 2 aliphatic rings. The van der Waals surface area contributed by atoms with Crippen molar-refractivity contribution < 1.29 is 0 Å². The van der Waals surface area contributed by atoms with E-state index in [2.05, 4.69) is 172 Å². The van der Waals surface area contributed by atoms with Crippen LogP contribution in [-0.2, 0) is 5.41 Å². The van der Waals surface area contributed by atoms with Gasteiger partial charge in [-0.3, -0.25) is 9.98 Å². The summed E-state index contributed by atoms with van der Waals surface area (Å²) in [5.74, 6) is 0.977. The molecule has 3 heteroatoms. The molecule has 0 atom stereocenters. The molecule has 0 unspecified atom stereocenters. The van der Waals surface area contributed by atoms with E-state index in [1.807, 2.05) is 24.2 Å². The third-order valence-electron chi connectivity index (χ3n) is 10.9. The zero-order valence-electron chi connectivity index (χ0n) is 29.2. The topological polar surface area (TPSA) is 25.2 Å². The van der Waals surface area contributed by atoms with Gasteiger partial charge in [-0.15, -0.1) is 11.8 Å². The van der Waals surface area contributed by atoms with Gasteiger partial charge < -0.3 is 0 Å². The first-order valence-electron chi connectivity index (χ1n) is 18.0. The van der Waals surface area contributed by atoms with Gasteiger partial charge in [0.1, 0.15) is 0 Å². The van der Waals surface area contributed by atoms with Crippen LogP contribution in [0.4, 0.5) is 0 Å². The van der Waals surface area contributed by atoms with Crippen molar-refractivity contribution in [2.45, 2.75) is 24.8 Å². The van der Waals surface area contributed by atoms with E-state index in [9.17, 15) is 0 Å². The lowest BCUT2D eigenvalue weighted by Gasteiger charge is -2.34. The number of pyridine rings is 1. The Kier molecular flexibility index (Phi) is 7.10. The van der Waals surface area contributed by atoms with Crippen LogP contribution >= 0.6 is 11.8 Å². The van der Waals surface area contributed by atoms with Gasteiger partial charge in [0.05, 0.1) is 16.0 Å². The number of hydrogen-bond acceptors (Lipinski definition) is 3. The standard InChI is InChI=1S/C49H36N2S/c1-48(2)31-52-47(51-48)37-26-36(29-50-30-37)43-28-45-46(41-20-12-11-19-40(41)43)42-24-23-35(34-22-21-32-13-9-10-14-33(32)25-34)27-44(42)49(45,38-15-5-3-6-16-38)39-17-7-4-8-18-39/h3-30H,31H2,1-2H3. The maximum absolute atomic E-state index is 5.06. The molecule has 248 valence electrons. The molecule has 52 heavy (non-hydrogen) atoms. The SMILES string of the molecule is CC1(C)CSC(c2cncc(-c3cc4c(c5ccccc35)-c3ccc(-c5ccc6ccccc6c5)cc3C4(c3ccccc3)c3ccccc3)c2)=N1. The summed E-state index contributed by atoms with van der Waals surface area (Å²) in [4.78, 5) is 9.88. The molecule has 1 aliphatic carbocycles. The predicted molar refractivity (Wildman–Crippen MR) is 220 cm³/mol. The Hall–Kier alpha value is -5.77. The highest BCUT2D eigenvalue weighted by atomic mass is 32.2. The maximum Gasteiger partial charge on any atom is 0.1000 e. The Bertz CT molecular complexity index is 2670. The summed E-state index contributed by atoms with van der Waals surface area (Å²) in [5.41, 5.74) is 12.9. The Morgan fingerprint density at radius 3 is 1.87 bits per heavy atom. The van der Waals surface area contributed by atoms with Gasteiger partial charge in [0, 0.05) is 29.3 Å². The van der Waals surface area contributed by atoms with E-state index in [0.29, 0.717) is 0 Å². The number of fused-ring (bicyclic) bond motifs is 6. The second kappa shape index (κ2) is 11.9. The molecule has 0 spiro atoms. The number of benzene rings is 7. The molecular formula is C49H36N2S. The lowest BCUT2D eigenvalue weighted by molar-refractivity contribution is 0.605. The van der Waals surface area contributed by atoms with Gasteiger partial charge >= 0.3 is 0 Å². The van der Waals surface area contributed by atoms with Crippen molar-refractivity contribution in [2.75, 3.05) is 5.75 Å². The van der Waals surface area contributed by atoms with Gasteiger partial charge in [-0.1, -0.05) is 133 Å². The van der Waals surface area contributed by atoms with Crippen molar-refractivity contribution in [3.8, 4) is 33.4 Å². The minimum Gasteiger partial charge on any atom is -0.271 e. The normalized spacial score (nSPS) is 15.4. The molecule has 0 amide bonds. The van der Waals surface area contributed by atoms with Crippen LogP contribution in [0.15, 0.2) is 175 Å². The van der Waals surface area contributed by atoms with E-state index in [-0.39, 0.29) is 5.54 Å². The fourth-order valence-corrected chi connectivity index (χ4v) is 9.71. The molecule has 1 aliphatic heterocycles. The maximum atomic E-state index is 5.06. The van der Waals surface area contributed by atoms with E-state index in [1.165, 1.54) is 71.6 Å². The summed E-state index contributed by atoms with van der Waals surface area (Å²) < 4.78 is 0.